The number of aliphatic hydroxyl groups is 1. The molecular weight excluding hydrogens is 240 g/mol. The molecule has 0 unspecified atom stereocenters. The molecule has 0 spiro atoms. The van der Waals surface area contributed by atoms with Gasteiger partial charge < -0.3 is 9.53 Å². The first-order valence-corrected chi connectivity index (χ1v) is 9.75. The van der Waals surface area contributed by atoms with Crippen molar-refractivity contribution in [1.82, 2.24) is 0 Å². The van der Waals surface area contributed by atoms with Gasteiger partial charge in [0.1, 0.15) is 5.76 Å². The zero-order valence-corrected chi connectivity index (χ0v) is 13.6. The van der Waals surface area contributed by atoms with Gasteiger partial charge in [-0.15, -0.1) is 0 Å². The summed E-state index contributed by atoms with van der Waals surface area (Å²) in [6.45, 7) is 15.2. The zero-order chi connectivity index (χ0) is 14.0. The minimum Gasteiger partial charge on any atom is -0.545 e. The smallest absolute Gasteiger partial charge is 0.250 e. The standard InChI is InChI=1S/C15H28O2Si/c1-12-7-9-13(10-8-12)14(11-16)17-18(5,6)15(2,3)4/h16H,1,7-11H2,2-6H3. The van der Waals surface area contributed by atoms with Crippen molar-refractivity contribution in [2.45, 2.75) is 64.6 Å². The molecule has 1 N–H and O–H groups in total. The van der Waals surface area contributed by atoms with Crippen LogP contribution in [-0.4, -0.2) is 20.0 Å². The molecule has 1 rings (SSSR count). The molecule has 0 heterocycles. The maximum Gasteiger partial charge on any atom is 0.250 e. The van der Waals surface area contributed by atoms with E-state index in [-0.39, 0.29) is 11.6 Å². The minimum atomic E-state index is -1.83. The van der Waals surface area contributed by atoms with Crippen LogP contribution in [-0.2, 0) is 4.43 Å². The highest BCUT2D eigenvalue weighted by atomic mass is 28.4. The van der Waals surface area contributed by atoms with Gasteiger partial charge >= 0.3 is 0 Å². The van der Waals surface area contributed by atoms with Crippen LogP contribution < -0.4 is 0 Å². The summed E-state index contributed by atoms with van der Waals surface area (Å²) in [5, 5.41) is 9.76. The quantitative estimate of drug-likeness (QED) is 0.467. The van der Waals surface area contributed by atoms with Crippen LogP contribution in [0.4, 0.5) is 0 Å². The first-order valence-electron chi connectivity index (χ1n) is 6.85. The summed E-state index contributed by atoms with van der Waals surface area (Å²) in [7, 11) is -1.83. The lowest BCUT2D eigenvalue weighted by Crippen LogP contribution is -2.41. The van der Waals surface area contributed by atoms with Crippen molar-refractivity contribution < 1.29 is 9.53 Å². The van der Waals surface area contributed by atoms with Gasteiger partial charge in [-0.05, 0) is 49.4 Å². The Morgan fingerprint density at radius 2 is 1.72 bits per heavy atom. The van der Waals surface area contributed by atoms with Gasteiger partial charge in [-0.25, -0.2) is 0 Å². The van der Waals surface area contributed by atoms with Gasteiger partial charge in [-0.1, -0.05) is 32.9 Å². The van der Waals surface area contributed by atoms with Gasteiger partial charge in [0.25, 0.3) is 0 Å². The summed E-state index contributed by atoms with van der Waals surface area (Å²) >= 11 is 0. The van der Waals surface area contributed by atoms with Gasteiger partial charge in [-0.3, -0.25) is 0 Å². The maximum absolute atomic E-state index is 9.59. The molecule has 1 aliphatic rings. The Morgan fingerprint density at radius 3 is 2.11 bits per heavy atom. The molecular formula is C15H28O2Si. The van der Waals surface area contributed by atoms with E-state index in [1.54, 1.807) is 0 Å². The third kappa shape index (κ3) is 3.72. The average Bonchev–Trinajstić information content (AvgIpc) is 2.25. The molecule has 18 heavy (non-hydrogen) atoms. The summed E-state index contributed by atoms with van der Waals surface area (Å²) in [6.07, 6.45) is 4.09. The number of allylic oxidation sites excluding steroid dienone is 2. The Bertz CT molecular complexity index is 336. The number of aliphatic hydroxyl groups excluding tert-OH is 1. The van der Waals surface area contributed by atoms with E-state index in [4.69, 9.17) is 4.43 Å². The highest BCUT2D eigenvalue weighted by Gasteiger charge is 2.39. The Kier molecular flexibility index (Phi) is 4.84. The SMILES string of the molecule is C=C1CCC(=C(CO)O[Si](C)(C)C(C)(C)C)CC1. The summed E-state index contributed by atoms with van der Waals surface area (Å²) in [4.78, 5) is 0. The van der Waals surface area contributed by atoms with Crippen LogP contribution in [0.25, 0.3) is 0 Å². The van der Waals surface area contributed by atoms with Gasteiger partial charge in [-0.2, -0.15) is 0 Å². The highest BCUT2D eigenvalue weighted by Crippen LogP contribution is 2.39. The number of rotatable bonds is 3. The normalized spacial score (nSPS) is 17.9. The van der Waals surface area contributed by atoms with Crippen LogP contribution in [0, 0.1) is 0 Å². The monoisotopic (exact) mass is 268 g/mol. The van der Waals surface area contributed by atoms with Gasteiger partial charge in [0.15, 0.2) is 0 Å². The molecule has 0 aromatic carbocycles. The Morgan fingerprint density at radius 1 is 1.22 bits per heavy atom. The summed E-state index contributed by atoms with van der Waals surface area (Å²) in [5.41, 5.74) is 2.62. The van der Waals surface area contributed by atoms with Crippen molar-refractivity contribution in [3.63, 3.8) is 0 Å². The van der Waals surface area contributed by atoms with Gasteiger partial charge in [0.05, 0.1) is 6.61 Å². The van der Waals surface area contributed by atoms with Crippen LogP contribution in [0.1, 0.15) is 46.5 Å². The first kappa shape index (κ1) is 15.5. The van der Waals surface area contributed by atoms with Crippen molar-refractivity contribution in [1.29, 1.82) is 0 Å². The molecule has 1 saturated carbocycles. The third-order valence-electron chi connectivity index (χ3n) is 4.28. The van der Waals surface area contributed by atoms with Crippen molar-refractivity contribution in [3.05, 3.63) is 23.5 Å². The third-order valence-corrected chi connectivity index (χ3v) is 8.65. The van der Waals surface area contributed by atoms with Crippen molar-refractivity contribution >= 4 is 8.32 Å². The lowest BCUT2D eigenvalue weighted by Gasteiger charge is -2.38. The number of hydrogen-bond acceptors (Lipinski definition) is 2. The highest BCUT2D eigenvalue weighted by molar-refractivity contribution is 6.74. The van der Waals surface area contributed by atoms with Crippen molar-refractivity contribution in [3.8, 4) is 0 Å². The summed E-state index contributed by atoms with van der Waals surface area (Å²) < 4.78 is 6.27. The van der Waals surface area contributed by atoms with Crippen LogP contribution in [0.5, 0.6) is 0 Å². The molecule has 0 aromatic rings. The van der Waals surface area contributed by atoms with Crippen LogP contribution in [0.3, 0.4) is 0 Å². The Labute approximate surface area is 113 Å². The van der Waals surface area contributed by atoms with E-state index in [0.29, 0.717) is 0 Å². The molecule has 3 heteroatoms. The largest absolute Gasteiger partial charge is 0.545 e. The fourth-order valence-corrected chi connectivity index (χ4v) is 2.99. The summed E-state index contributed by atoms with van der Waals surface area (Å²) in [5.74, 6) is 0.842. The fraction of sp³-hybridized carbons (Fsp3) is 0.733. The van der Waals surface area contributed by atoms with Crippen LogP contribution >= 0.6 is 0 Å². The van der Waals surface area contributed by atoms with Crippen molar-refractivity contribution in [2.75, 3.05) is 6.61 Å². The molecule has 1 fully saturated rings. The van der Waals surface area contributed by atoms with Gasteiger partial charge in [0.2, 0.25) is 8.32 Å². The fourth-order valence-electron chi connectivity index (χ4n) is 1.86. The Hall–Kier alpha value is -0.543. The van der Waals surface area contributed by atoms with E-state index in [1.807, 2.05) is 0 Å². The molecule has 0 bridgehead atoms. The molecule has 2 nitrogen and oxygen atoms in total. The lowest BCUT2D eigenvalue weighted by atomic mass is 9.91. The predicted molar refractivity (Wildman–Crippen MR) is 80.0 cm³/mol. The molecule has 0 amide bonds. The minimum absolute atomic E-state index is 0.0360. The second-order valence-corrected chi connectivity index (χ2v) is 11.5. The predicted octanol–water partition coefficient (Wildman–Crippen LogP) is 4.38. The van der Waals surface area contributed by atoms with E-state index in [9.17, 15) is 5.11 Å². The molecule has 1 aliphatic carbocycles. The van der Waals surface area contributed by atoms with Crippen LogP contribution in [0.2, 0.25) is 18.1 Å². The second kappa shape index (κ2) is 5.62. The van der Waals surface area contributed by atoms with Crippen molar-refractivity contribution in [2.24, 2.45) is 0 Å². The maximum atomic E-state index is 9.59. The van der Waals surface area contributed by atoms with Crippen LogP contribution in [0.15, 0.2) is 23.5 Å². The van der Waals surface area contributed by atoms with E-state index in [0.717, 1.165) is 31.4 Å². The Balaban J connectivity index is 2.85. The topological polar surface area (TPSA) is 29.5 Å². The summed E-state index contributed by atoms with van der Waals surface area (Å²) in [6, 6.07) is 0. The molecule has 0 aromatic heterocycles. The van der Waals surface area contributed by atoms with Gasteiger partial charge in [0, 0.05) is 0 Å². The molecule has 0 aliphatic heterocycles. The van der Waals surface area contributed by atoms with E-state index < -0.39 is 8.32 Å². The van der Waals surface area contributed by atoms with E-state index in [2.05, 4.69) is 40.4 Å². The lowest BCUT2D eigenvalue weighted by molar-refractivity contribution is 0.246. The molecule has 104 valence electrons. The molecule has 0 atom stereocenters. The molecule has 0 saturated heterocycles. The van der Waals surface area contributed by atoms with E-state index >= 15 is 0 Å². The average molecular weight is 268 g/mol. The van der Waals surface area contributed by atoms with E-state index in [1.165, 1.54) is 11.1 Å². The second-order valence-electron chi connectivity index (χ2n) is 6.80. The zero-order valence-electron chi connectivity index (χ0n) is 12.6. The first-order chi connectivity index (χ1) is 8.17. The number of hydrogen-bond donors (Lipinski definition) is 1. The molecule has 0 radical (unpaired) electrons.